The van der Waals surface area contributed by atoms with Crippen molar-refractivity contribution in [3.63, 3.8) is 0 Å². The molecule has 36 heavy (non-hydrogen) atoms. The molecule has 0 atom stereocenters. The van der Waals surface area contributed by atoms with E-state index in [1.54, 1.807) is 49.4 Å². The maximum atomic E-state index is 12.2. The van der Waals surface area contributed by atoms with Crippen molar-refractivity contribution in [1.29, 1.82) is 0 Å². The van der Waals surface area contributed by atoms with Crippen LogP contribution in [0, 0.1) is 0 Å². The first kappa shape index (κ1) is 25.1. The summed E-state index contributed by atoms with van der Waals surface area (Å²) in [6.45, 7) is 1.61. The number of hydrogen-bond donors (Lipinski definition) is 3. The third-order valence-corrected chi connectivity index (χ3v) is 7.51. The van der Waals surface area contributed by atoms with Gasteiger partial charge in [-0.2, -0.15) is 0 Å². The molecule has 0 fully saturated rings. The summed E-state index contributed by atoms with van der Waals surface area (Å²) in [6.07, 6.45) is 2.52. The standard InChI is InChI=1S/C25H25N5O4S2/c1-3-36(33,34)23-9-5-8-22(15-23)29-25-16-24(26-17-27-25)28-21-7-4-6-19(14-21)18-10-12-20(13-11-18)30-35(2,31)32/h4-17,30H,3H2,1-2H3,(H2,26,27,28,29). The number of nitrogens with one attached hydrogen (secondary N) is 3. The molecule has 1 heterocycles. The molecule has 4 aromatic rings. The highest BCUT2D eigenvalue weighted by Crippen LogP contribution is 2.27. The van der Waals surface area contributed by atoms with Gasteiger partial charge in [-0.3, -0.25) is 4.72 Å². The van der Waals surface area contributed by atoms with Gasteiger partial charge in [0.25, 0.3) is 0 Å². The van der Waals surface area contributed by atoms with Gasteiger partial charge in [0, 0.05) is 23.1 Å². The molecule has 0 spiro atoms. The number of anilines is 5. The Hall–Kier alpha value is -3.96. The monoisotopic (exact) mass is 523 g/mol. The van der Waals surface area contributed by atoms with E-state index >= 15 is 0 Å². The van der Waals surface area contributed by atoms with E-state index in [9.17, 15) is 16.8 Å². The first-order valence-corrected chi connectivity index (χ1v) is 14.5. The van der Waals surface area contributed by atoms with Crippen LogP contribution in [0.25, 0.3) is 11.1 Å². The average molecular weight is 524 g/mol. The van der Waals surface area contributed by atoms with Crippen LogP contribution in [0.5, 0.6) is 0 Å². The molecule has 0 aliphatic carbocycles. The summed E-state index contributed by atoms with van der Waals surface area (Å²) in [7, 11) is -6.65. The highest BCUT2D eigenvalue weighted by molar-refractivity contribution is 7.92. The van der Waals surface area contributed by atoms with Crippen molar-refractivity contribution in [3.8, 4) is 11.1 Å². The number of nitrogens with zero attached hydrogens (tertiary/aromatic N) is 2. The summed E-state index contributed by atoms with van der Waals surface area (Å²) in [4.78, 5) is 8.75. The van der Waals surface area contributed by atoms with Gasteiger partial charge in [-0.05, 0) is 53.6 Å². The Morgan fingerprint density at radius 1 is 0.694 bits per heavy atom. The molecular formula is C25H25N5O4S2. The predicted octanol–water partition coefficient (Wildman–Crippen LogP) is 4.80. The average Bonchev–Trinajstić information content (AvgIpc) is 2.84. The normalized spacial score (nSPS) is 11.6. The lowest BCUT2D eigenvalue weighted by molar-refractivity contribution is 0.597. The highest BCUT2D eigenvalue weighted by atomic mass is 32.2. The Kier molecular flexibility index (Phi) is 7.22. The molecule has 4 rings (SSSR count). The van der Waals surface area contributed by atoms with Gasteiger partial charge in [-0.15, -0.1) is 0 Å². The van der Waals surface area contributed by atoms with E-state index in [0.717, 1.165) is 23.1 Å². The minimum atomic E-state index is -3.33. The van der Waals surface area contributed by atoms with Crippen LogP contribution in [-0.4, -0.2) is 38.8 Å². The summed E-state index contributed by atoms with van der Waals surface area (Å²) in [5, 5.41) is 6.37. The van der Waals surface area contributed by atoms with E-state index < -0.39 is 19.9 Å². The molecule has 11 heteroatoms. The molecule has 3 aromatic carbocycles. The first-order chi connectivity index (χ1) is 17.1. The smallest absolute Gasteiger partial charge is 0.229 e. The molecule has 0 saturated heterocycles. The molecule has 0 saturated carbocycles. The van der Waals surface area contributed by atoms with Crippen LogP contribution in [0.4, 0.5) is 28.7 Å². The minimum Gasteiger partial charge on any atom is -0.340 e. The van der Waals surface area contributed by atoms with E-state index in [2.05, 4.69) is 25.3 Å². The van der Waals surface area contributed by atoms with E-state index in [1.165, 1.54) is 6.33 Å². The Balaban J connectivity index is 1.50. The second kappa shape index (κ2) is 10.3. The first-order valence-electron chi connectivity index (χ1n) is 11.0. The fraction of sp³-hybridized carbons (Fsp3) is 0.120. The van der Waals surface area contributed by atoms with Crippen LogP contribution in [0.3, 0.4) is 0 Å². The van der Waals surface area contributed by atoms with Gasteiger partial charge in [-0.25, -0.2) is 26.8 Å². The largest absolute Gasteiger partial charge is 0.340 e. The maximum Gasteiger partial charge on any atom is 0.229 e. The predicted molar refractivity (Wildman–Crippen MR) is 143 cm³/mol. The molecule has 0 amide bonds. The summed E-state index contributed by atoms with van der Waals surface area (Å²) >= 11 is 0. The Morgan fingerprint density at radius 3 is 1.92 bits per heavy atom. The molecule has 0 aliphatic heterocycles. The van der Waals surface area contributed by atoms with Gasteiger partial charge < -0.3 is 10.6 Å². The Bertz CT molecular complexity index is 1590. The number of aromatic nitrogens is 2. The van der Waals surface area contributed by atoms with Gasteiger partial charge in [0.15, 0.2) is 9.84 Å². The molecule has 1 aromatic heterocycles. The molecule has 0 unspecified atom stereocenters. The van der Waals surface area contributed by atoms with Gasteiger partial charge in [0.2, 0.25) is 10.0 Å². The summed E-state index contributed by atoms with van der Waals surface area (Å²) in [5.41, 5.74) is 3.75. The Labute approximate surface area is 210 Å². The van der Waals surface area contributed by atoms with E-state index in [0.29, 0.717) is 23.0 Å². The number of hydrogen-bond acceptors (Lipinski definition) is 8. The topological polar surface area (TPSA) is 130 Å². The Morgan fingerprint density at radius 2 is 1.31 bits per heavy atom. The van der Waals surface area contributed by atoms with Crippen molar-refractivity contribution < 1.29 is 16.8 Å². The fourth-order valence-electron chi connectivity index (χ4n) is 3.45. The number of benzene rings is 3. The van der Waals surface area contributed by atoms with Crippen LogP contribution in [0.15, 0.2) is 90.1 Å². The van der Waals surface area contributed by atoms with Crippen molar-refractivity contribution in [2.45, 2.75) is 11.8 Å². The zero-order valence-electron chi connectivity index (χ0n) is 19.6. The van der Waals surface area contributed by atoms with E-state index in [1.807, 2.05) is 36.4 Å². The molecule has 186 valence electrons. The van der Waals surface area contributed by atoms with Gasteiger partial charge in [-0.1, -0.05) is 37.3 Å². The summed E-state index contributed by atoms with van der Waals surface area (Å²) in [6, 6.07) is 23.1. The number of sulfone groups is 1. The third kappa shape index (κ3) is 6.58. The van der Waals surface area contributed by atoms with Crippen LogP contribution in [-0.2, 0) is 19.9 Å². The lowest BCUT2D eigenvalue weighted by Gasteiger charge is -2.11. The highest BCUT2D eigenvalue weighted by Gasteiger charge is 2.12. The molecule has 0 bridgehead atoms. The second-order valence-corrected chi connectivity index (χ2v) is 12.0. The van der Waals surface area contributed by atoms with Crippen molar-refractivity contribution in [2.24, 2.45) is 0 Å². The van der Waals surface area contributed by atoms with Gasteiger partial charge >= 0.3 is 0 Å². The molecule has 0 radical (unpaired) electrons. The van der Waals surface area contributed by atoms with Crippen molar-refractivity contribution in [2.75, 3.05) is 27.4 Å². The van der Waals surface area contributed by atoms with Crippen LogP contribution >= 0.6 is 0 Å². The van der Waals surface area contributed by atoms with E-state index in [-0.39, 0.29) is 10.6 Å². The van der Waals surface area contributed by atoms with Crippen LogP contribution < -0.4 is 15.4 Å². The van der Waals surface area contributed by atoms with Crippen molar-refractivity contribution >= 4 is 48.6 Å². The molecule has 9 nitrogen and oxygen atoms in total. The molecule has 0 aliphatic rings. The molecule has 3 N–H and O–H groups in total. The SMILES string of the molecule is CCS(=O)(=O)c1cccc(Nc2cc(Nc3cccc(-c4ccc(NS(C)(=O)=O)cc4)c3)ncn2)c1. The summed E-state index contributed by atoms with van der Waals surface area (Å²) in [5.74, 6) is 1.08. The maximum absolute atomic E-state index is 12.2. The lowest BCUT2D eigenvalue weighted by Crippen LogP contribution is -2.09. The van der Waals surface area contributed by atoms with Gasteiger partial charge in [0.05, 0.1) is 16.9 Å². The zero-order valence-corrected chi connectivity index (χ0v) is 21.3. The van der Waals surface area contributed by atoms with Crippen molar-refractivity contribution in [3.05, 3.63) is 85.2 Å². The quantitative estimate of drug-likeness (QED) is 0.285. The fourth-order valence-corrected chi connectivity index (χ4v) is 4.94. The summed E-state index contributed by atoms with van der Waals surface area (Å²) < 4.78 is 49.6. The van der Waals surface area contributed by atoms with E-state index in [4.69, 9.17) is 0 Å². The van der Waals surface area contributed by atoms with Gasteiger partial charge in [0.1, 0.15) is 18.0 Å². The molecular weight excluding hydrogens is 498 g/mol. The lowest BCUT2D eigenvalue weighted by atomic mass is 10.0. The zero-order chi connectivity index (χ0) is 25.8. The third-order valence-electron chi connectivity index (χ3n) is 5.17. The van der Waals surface area contributed by atoms with Crippen LogP contribution in [0.2, 0.25) is 0 Å². The number of sulfonamides is 1. The van der Waals surface area contributed by atoms with Crippen molar-refractivity contribution in [1.82, 2.24) is 9.97 Å². The minimum absolute atomic E-state index is 0.0266. The second-order valence-electron chi connectivity index (χ2n) is 8.00. The van der Waals surface area contributed by atoms with Crippen LogP contribution in [0.1, 0.15) is 6.92 Å². The number of rotatable bonds is 9.